The van der Waals surface area contributed by atoms with E-state index in [9.17, 15) is 18.0 Å². The van der Waals surface area contributed by atoms with Crippen molar-refractivity contribution in [2.75, 3.05) is 30.9 Å². The first-order chi connectivity index (χ1) is 21.5. The van der Waals surface area contributed by atoms with Gasteiger partial charge in [-0.3, -0.25) is 14.3 Å². The Balaban J connectivity index is 1.27. The van der Waals surface area contributed by atoms with Crippen LogP contribution in [0.3, 0.4) is 0 Å². The molecule has 45 heavy (non-hydrogen) atoms. The largest absolute Gasteiger partial charge is 0.493 e. The number of fused-ring (bicyclic) bond motifs is 1. The zero-order valence-corrected chi connectivity index (χ0v) is 26.5. The van der Waals surface area contributed by atoms with E-state index in [4.69, 9.17) is 9.47 Å². The van der Waals surface area contributed by atoms with Crippen molar-refractivity contribution in [3.8, 4) is 22.6 Å². The quantitative estimate of drug-likeness (QED) is 0.186. The van der Waals surface area contributed by atoms with Crippen LogP contribution in [0.4, 0.5) is 5.69 Å². The molecule has 0 atom stereocenters. The number of aromatic nitrogens is 2. The molecule has 12 heteroatoms. The molecule has 0 radical (unpaired) electrons. The summed E-state index contributed by atoms with van der Waals surface area (Å²) in [4.78, 5) is 27.5. The molecule has 0 fully saturated rings. The third-order valence-corrected chi connectivity index (χ3v) is 7.86. The summed E-state index contributed by atoms with van der Waals surface area (Å²) in [5, 5.41) is 4.51. The number of benzene rings is 3. The Labute approximate surface area is 262 Å². The number of carbonyl (C=O) groups excluding carboxylic acids is 2. The number of nitrogens with one attached hydrogen (secondary N) is 1. The molecule has 1 aliphatic heterocycles. The highest BCUT2D eigenvalue weighted by Crippen LogP contribution is 2.42. The van der Waals surface area contributed by atoms with Crippen LogP contribution < -0.4 is 19.9 Å². The summed E-state index contributed by atoms with van der Waals surface area (Å²) in [5.41, 5.74) is 8.59. The molecule has 0 saturated carbocycles. The molecule has 0 saturated heterocycles. The van der Waals surface area contributed by atoms with Crippen LogP contribution >= 0.6 is 0 Å². The van der Waals surface area contributed by atoms with Gasteiger partial charge < -0.3 is 14.4 Å². The van der Waals surface area contributed by atoms with Crippen molar-refractivity contribution >= 4 is 27.6 Å². The summed E-state index contributed by atoms with van der Waals surface area (Å²) in [6, 6.07) is 16.7. The van der Waals surface area contributed by atoms with Crippen molar-refractivity contribution < 1.29 is 31.8 Å². The van der Waals surface area contributed by atoms with Gasteiger partial charge in [0.2, 0.25) is 5.91 Å². The molecule has 0 spiro atoms. The van der Waals surface area contributed by atoms with Crippen LogP contribution in [-0.2, 0) is 25.7 Å². The summed E-state index contributed by atoms with van der Waals surface area (Å²) < 4.78 is 40.6. The number of nitrogens with zero attached hydrogens (tertiary/aromatic N) is 3. The first kappa shape index (κ1) is 31.7. The second kappa shape index (κ2) is 13.5. The Morgan fingerprint density at radius 2 is 1.87 bits per heavy atom. The number of ether oxygens (including phenoxy) is 2. The van der Waals surface area contributed by atoms with Crippen molar-refractivity contribution in [3.63, 3.8) is 0 Å². The fourth-order valence-corrected chi connectivity index (χ4v) is 5.35. The highest BCUT2D eigenvalue weighted by Gasteiger charge is 2.27. The van der Waals surface area contributed by atoms with Crippen molar-refractivity contribution in [1.29, 1.82) is 0 Å². The van der Waals surface area contributed by atoms with Gasteiger partial charge in [-0.05, 0) is 79.8 Å². The molecule has 236 valence electrons. The SMILES string of the molecule is Cc1cc(-c2cnn(Cc3cccc(C(=O)NOS(C)(=O)=O)c3)c2)c2c(c1)N(C(=O)CCCOc1cccc(C)c1C)CCO2. The Bertz CT molecular complexity index is 1830. The maximum atomic E-state index is 13.4. The van der Waals surface area contributed by atoms with Gasteiger partial charge in [-0.25, -0.2) is 5.48 Å². The molecule has 2 heterocycles. The topological polar surface area (TPSA) is 129 Å². The third kappa shape index (κ3) is 7.89. The predicted octanol–water partition coefficient (Wildman–Crippen LogP) is 4.73. The highest BCUT2D eigenvalue weighted by molar-refractivity contribution is 7.85. The lowest BCUT2D eigenvalue weighted by Gasteiger charge is -2.31. The lowest BCUT2D eigenvalue weighted by Crippen LogP contribution is -2.38. The Morgan fingerprint density at radius 3 is 2.67 bits per heavy atom. The van der Waals surface area contributed by atoms with Gasteiger partial charge in [-0.1, -0.05) is 24.3 Å². The number of hydrogen-bond donors (Lipinski definition) is 1. The number of amides is 2. The minimum Gasteiger partial charge on any atom is -0.493 e. The van der Waals surface area contributed by atoms with Crippen LogP contribution in [0.1, 0.15) is 45.5 Å². The van der Waals surface area contributed by atoms with E-state index in [1.807, 2.05) is 68.8 Å². The summed E-state index contributed by atoms with van der Waals surface area (Å²) in [6.45, 7) is 7.71. The van der Waals surface area contributed by atoms with Crippen LogP contribution in [0.2, 0.25) is 0 Å². The fraction of sp³-hybridized carbons (Fsp3) is 0.303. The van der Waals surface area contributed by atoms with E-state index in [0.29, 0.717) is 44.9 Å². The van der Waals surface area contributed by atoms with Gasteiger partial charge in [0.15, 0.2) is 5.75 Å². The molecule has 1 N–H and O–H groups in total. The molecule has 0 aliphatic carbocycles. The molecule has 4 aromatic rings. The van der Waals surface area contributed by atoms with E-state index in [-0.39, 0.29) is 11.5 Å². The number of rotatable bonds is 11. The first-order valence-corrected chi connectivity index (χ1v) is 16.4. The van der Waals surface area contributed by atoms with Crippen molar-refractivity contribution in [2.24, 2.45) is 0 Å². The summed E-state index contributed by atoms with van der Waals surface area (Å²) >= 11 is 0. The van der Waals surface area contributed by atoms with Crippen LogP contribution in [0, 0.1) is 20.8 Å². The smallest absolute Gasteiger partial charge is 0.285 e. The lowest BCUT2D eigenvalue weighted by molar-refractivity contribution is -0.119. The molecule has 0 unspecified atom stereocenters. The van der Waals surface area contributed by atoms with Gasteiger partial charge in [-0.2, -0.15) is 13.5 Å². The van der Waals surface area contributed by atoms with E-state index in [1.165, 1.54) is 5.56 Å². The normalized spacial score (nSPS) is 12.8. The van der Waals surface area contributed by atoms with Gasteiger partial charge in [-0.15, -0.1) is 4.28 Å². The number of aryl methyl sites for hydroxylation is 2. The molecule has 0 bridgehead atoms. The van der Waals surface area contributed by atoms with Gasteiger partial charge in [0.1, 0.15) is 12.4 Å². The summed E-state index contributed by atoms with van der Waals surface area (Å²) in [6.07, 6.45) is 5.40. The average molecular weight is 633 g/mol. The predicted molar refractivity (Wildman–Crippen MR) is 170 cm³/mol. The zero-order chi connectivity index (χ0) is 32.1. The average Bonchev–Trinajstić information content (AvgIpc) is 3.47. The van der Waals surface area contributed by atoms with Crippen LogP contribution in [0.25, 0.3) is 11.1 Å². The molecular weight excluding hydrogens is 596 g/mol. The minimum atomic E-state index is -3.83. The van der Waals surface area contributed by atoms with Crippen LogP contribution in [0.15, 0.2) is 67.0 Å². The maximum Gasteiger partial charge on any atom is 0.285 e. The summed E-state index contributed by atoms with van der Waals surface area (Å²) in [5.74, 6) is 0.815. The number of carbonyl (C=O) groups is 2. The zero-order valence-electron chi connectivity index (χ0n) is 25.7. The molecular formula is C33H36N4O7S. The Morgan fingerprint density at radius 1 is 1.07 bits per heavy atom. The van der Waals surface area contributed by atoms with E-state index in [1.54, 1.807) is 34.0 Å². The maximum absolute atomic E-state index is 13.4. The first-order valence-electron chi connectivity index (χ1n) is 14.6. The van der Waals surface area contributed by atoms with Crippen LogP contribution in [0.5, 0.6) is 11.5 Å². The molecule has 5 rings (SSSR count). The molecule has 11 nitrogen and oxygen atoms in total. The molecule has 1 aliphatic rings. The Kier molecular flexibility index (Phi) is 9.54. The van der Waals surface area contributed by atoms with E-state index < -0.39 is 16.0 Å². The second-order valence-electron chi connectivity index (χ2n) is 11.1. The second-order valence-corrected chi connectivity index (χ2v) is 12.6. The van der Waals surface area contributed by atoms with Gasteiger partial charge in [0, 0.05) is 29.3 Å². The minimum absolute atomic E-state index is 0.0159. The van der Waals surface area contributed by atoms with E-state index >= 15 is 0 Å². The molecule has 3 aromatic carbocycles. The number of anilines is 1. The van der Waals surface area contributed by atoms with Crippen molar-refractivity contribution in [1.82, 2.24) is 15.3 Å². The van der Waals surface area contributed by atoms with Crippen molar-refractivity contribution in [3.05, 3.63) is 94.8 Å². The summed E-state index contributed by atoms with van der Waals surface area (Å²) in [7, 11) is -3.83. The standard InChI is InChI=1S/C33H36N4O7S/c1-22-16-28(27-19-34-36(21-27)20-25-9-6-10-26(18-25)33(39)35-44-45(4,40)41)32-29(17-22)37(13-15-43-32)31(38)12-7-14-42-30-11-5-8-23(2)24(30)3/h5-6,8-11,16-19,21H,7,12-15,20H2,1-4H3,(H,35,39). The van der Waals surface area contributed by atoms with E-state index in [2.05, 4.69) is 9.38 Å². The van der Waals surface area contributed by atoms with Crippen LogP contribution in [-0.4, -0.2) is 56.0 Å². The Hall–Kier alpha value is -4.68. The van der Waals surface area contributed by atoms with Gasteiger partial charge >= 0.3 is 0 Å². The fourth-order valence-electron chi connectivity index (χ4n) is 5.12. The van der Waals surface area contributed by atoms with Gasteiger partial charge in [0.25, 0.3) is 16.0 Å². The number of hydrogen-bond acceptors (Lipinski definition) is 8. The monoisotopic (exact) mass is 632 g/mol. The number of hydroxylamine groups is 1. The van der Waals surface area contributed by atoms with Crippen molar-refractivity contribution in [2.45, 2.75) is 40.2 Å². The van der Waals surface area contributed by atoms with Gasteiger partial charge in [0.05, 0.1) is 37.8 Å². The lowest BCUT2D eigenvalue weighted by atomic mass is 10.0. The third-order valence-electron chi connectivity index (χ3n) is 7.48. The van der Waals surface area contributed by atoms with E-state index in [0.717, 1.165) is 45.5 Å². The highest BCUT2D eigenvalue weighted by atomic mass is 32.2. The molecule has 1 aromatic heterocycles. The molecule has 2 amide bonds.